The standard InChI is InChI=1S/C34H37FN4O4/c1-22-8-13-27(37-32(40)30-20-36-39(34(2,3)4)31(30)23-9-11-26(35)12-10-23)18-25(22)21-38-16-14-28(15-17-38)43-29-7-5-6-24(19-29)33(41)42/h5-13,18-20,28H,14-17,21H2,1-4H3,(H,37,40)(H,41,42). The third-order valence-corrected chi connectivity index (χ3v) is 7.69. The number of halogens is 1. The number of piperidine rings is 1. The molecule has 0 saturated carbocycles. The maximum Gasteiger partial charge on any atom is 0.335 e. The summed E-state index contributed by atoms with van der Waals surface area (Å²) in [6, 6.07) is 18.6. The number of aromatic carboxylic acids is 1. The third-order valence-electron chi connectivity index (χ3n) is 7.69. The Bertz CT molecular complexity index is 1620. The number of nitrogens with one attached hydrogen (secondary N) is 1. The van der Waals surface area contributed by atoms with Gasteiger partial charge in [-0.1, -0.05) is 12.1 Å². The molecule has 224 valence electrons. The summed E-state index contributed by atoms with van der Waals surface area (Å²) < 4.78 is 21.5. The summed E-state index contributed by atoms with van der Waals surface area (Å²) in [4.78, 5) is 27.2. The zero-order valence-electron chi connectivity index (χ0n) is 24.9. The molecule has 2 heterocycles. The van der Waals surface area contributed by atoms with E-state index >= 15 is 0 Å². The molecule has 4 aromatic rings. The van der Waals surface area contributed by atoms with Crippen molar-refractivity contribution in [3.05, 3.63) is 101 Å². The first kappa shape index (κ1) is 30.0. The SMILES string of the molecule is Cc1ccc(NC(=O)c2cnn(C(C)(C)C)c2-c2ccc(F)cc2)cc1CN1CCC(Oc2cccc(C(=O)O)c2)CC1. The molecule has 0 radical (unpaired) electrons. The highest BCUT2D eigenvalue weighted by Gasteiger charge is 2.26. The van der Waals surface area contributed by atoms with E-state index in [4.69, 9.17) is 4.74 Å². The van der Waals surface area contributed by atoms with Crippen molar-refractivity contribution in [2.75, 3.05) is 18.4 Å². The summed E-state index contributed by atoms with van der Waals surface area (Å²) in [5, 5.41) is 16.8. The molecule has 43 heavy (non-hydrogen) atoms. The molecule has 2 N–H and O–H groups in total. The van der Waals surface area contributed by atoms with Crippen molar-refractivity contribution in [2.24, 2.45) is 0 Å². The summed E-state index contributed by atoms with van der Waals surface area (Å²) >= 11 is 0. The van der Waals surface area contributed by atoms with Crippen LogP contribution in [0.2, 0.25) is 0 Å². The van der Waals surface area contributed by atoms with Gasteiger partial charge in [0.2, 0.25) is 0 Å². The Kier molecular flexibility index (Phi) is 8.64. The lowest BCUT2D eigenvalue weighted by atomic mass is 10.0. The van der Waals surface area contributed by atoms with Crippen LogP contribution >= 0.6 is 0 Å². The lowest BCUT2D eigenvalue weighted by Gasteiger charge is -2.32. The minimum absolute atomic E-state index is 0.0244. The van der Waals surface area contributed by atoms with Crippen molar-refractivity contribution >= 4 is 17.6 Å². The molecule has 1 aromatic heterocycles. The Balaban J connectivity index is 1.26. The third kappa shape index (κ3) is 7.11. The number of aromatic nitrogens is 2. The van der Waals surface area contributed by atoms with Gasteiger partial charge in [0.1, 0.15) is 17.7 Å². The average molecular weight is 585 g/mol. The molecule has 0 atom stereocenters. The van der Waals surface area contributed by atoms with Gasteiger partial charge in [0.05, 0.1) is 28.6 Å². The monoisotopic (exact) mass is 584 g/mol. The largest absolute Gasteiger partial charge is 0.490 e. The maximum atomic E-state index is 13.7. The zero-order valence-corrected chi connectivity index (χ0v) is 24.9. The highest BCUT2D eigenvalue weighted by atomic mass is 19.1. The van der Waals surface area contributed by atoms with Crippen LogP contribution < -0.4 is 10.1 Å². The molecule has 1 fully saturated rings. The normalized spacial score (nSPS) is 14.4. The fourth-order valence-electron chi connectivity index (χ4n) is 5.35. The molecule has 1 saturated heterocycles. The second-order valence-electron chi connectivity index (χ2n) is 12.0. The number of likely N-dealkylation sites (tertiary alicyclic amines) is 1. The lowest BCUT2D eigenvalue weighted by molar-refractivity contribution is 0.0694. The quantitative estimate of drug-likeness (QED) is 0.238. The molecule has 0 aliphatic carbocycles. The summed E-state index contributed by atoms with van der Waals surface area (Å²) in [6.45, 7) is 10.5. The van der Waals surface area contributed by atoms with Crippen molar-refractivity contribution in [3.8, 4) is 17.0 Å². The number of carboxylic acids is 1. The van der Waals surface area contributed by atoms with Crippen molar-refractivity contribution in [3.63, 3.8) is 0 Å². The van der Waals surface area contributed by atoms with Crippen LogP contribution in [0.5, 0.6) is 5.75 Å². The van der Waals surface area contributed by atoms with Gasteiger partial charge in [0, 0.05) is 30.9 Å². The molecular weight excluding hydrogens is 547 g/mol. The summed E-state index contributed by atoms with van der Waals surface area (Å²) in [7, 11) is 0. The first-order valence-corrected chi connectivity index (χ1v) is 14.5. The van der Waals surface area contributed by atoms with Crippen molar-refractivity contribution in [1.29, 1.82) is 0 Å². The van der Waals surface area contributed by atoms with E-state index in [1.54, 1.807) is 47.3 Å². The number of amides is 1. The first-order chi connectivity index (χ1) is 20.5. The van der Waals surface area contributed by atoms with Gasteiger partial charge in [-0.3, -0.25) is 14.4 Å². The molecule has 0 spiro atoms. The van der Waals surface area contributed by atoms with Crippen molar-refractivity contribution < 1.29 is 23.8 Å². The van der Waals surface area contributed by atoms with Crippen molar-refractivity contribution in [1.82, 2.24) is 14.7 Å². The molecule has 0 unspecified atom stereocenters. The van der Waals surface area contributed by atoms with Crippen LogP contribution in [0.4, 0.5) is 10.1 Å². The Hall–Kier alpha value is -4.50. The maximum absolute atomic E-state index is 13.7. The van der Waals surface area contributed by atoms with Crippen molar-refractivity contribution in [2.45, 2.75) is 58.7 Å². The van der Waals surface area contributed by atoms with Gasteiger partial charge in [-0.05, 0) is 106 Å². The molecule has 3 aromatic carbocycles. The summed E-state index contributed by atoms with van der Waals surface area (Å²) in [6.07, 6.45) is 3.25. The van der Waals surface area contributed by atoms with Crippen LogP contribution in [0.3, 0.4) is 0 Å². The van der Waals surface area contributed by atoms with Gasteiger partial charge in [-0.25, -0.2) is 9.18 Å². The number of nitrogens with zero attached hydrogens (tertiary/aromatic N) is 3. The number of ether oxygens (including phenoxy) is 1. The Morgan fingerprint density at radius 3 is 2.44 bits per heavy atom. The number of rotatable bonds is 8. The van der Waals surface area contributed by atoms with Gasteiger partial charge < -0.3 is 15.2 Å². The number of carbonyl (C=O) groups is 2. The van der Waals surface area contributed by atoms with Crippen LogP contribution in [0.25, 0.3) is 11.3 Å². The topological polar surface area (TPSA) is 96.7 Å². The molecule has 1 aliphatic rings. The van der Waals surface area contributed by atoms with Gasteiger partial charge in [0.25, 0.3) is 5.91 Å². The minimum Gasteiger partial charge on any atom is -0.490 e. The van der Waals surface area contributed by atoms with E-state index in [-0.39, 0.29) is 28.9 Å². The number of anilines is 1. The first-order valence-electron chi connectivity index (χ1n) is 14.5. The van der Waals surface area contributed by atoms with E-state index in [9.17, 15) is 19.1 Å². The molecule has 1 amide bonds. The molecule has 0 bridgehead atoms. The zero-order chi connectivity index (χ0) is 30.7. The van der Waals surface area contributed by atoms with Crippen LogP contribution in [0.1, 0.15) is 65.5 Å². The number of hydrogen-bond acceptors (Lipinski definition) is 5. The number of carbonyl (C=O) groups excluding carboxylic acids is 1. The van der Waals surface area contributed by atoms with E-state index in [1.165, 1.54) is 12.1 Å². The lowest BCUT2D eigenvalue weighted by Crippen LogP contribution is -2.38. The fourth-order valence-corrected chi connectivity index (χ4v) is 5.35. The summed E-state index contributed by atoms with van der Waals surface area (Å²) in [5.41, 5.74) is 4.54. The highest BCUT2D eigenvalue weighted by molar-refractivity contribution is 6.08. The second-order valence-corrected chi connectivity index (χ2v) is 12.0. The van der Waals surface area contributed by atoms with Crippen LogP contribution in [0.15, 0.2) is 72.9 Å². The molecular formula is C34H37FN4O4. The second kappa shape index (κ2) is 12.4. The number of aryl methyl sites for hydroxylation is 1. The summed E-state index contributed by atoms with van der Waals surface area (Å²) in [5.74, 6) is -1.02. The van der Waals surface area contributed by atoms with Gasteiger partial charge in [-0.2, -0.15) is 5.10 Å². The van der Waals surface area contributed by atoms with E-state index in [2.05, 4.69) is 22.2 Å². The Labute approximate surface area is 251 Å². The fraction of sp³-hybridized carbons (Fsp3) is 0.324. The van der Waals surface area contributed by atoms with E-state index in [0.717, 1.165) is 43.6 Å². The predicted octanol–water partition coefficient (Wildman–Crippen LogP) is 6.75. The molecule has 5 rings (SSSR count). The smallest absolute Gasteiger partial charge is 0.335 e. The van der Waals surface area contributed by atoms with E-state index < -0.39 is 5.97 Å². The predicted molar refractivity (Wildman–Crippen MR) is 164 cm³/mol. The van der Waals surface area contributed by atoms with Crippen LogP contribution in [-0.2, 0) is 12.1 Å². The molecule has 8 nitrogen and oxygen atoms in total. The van der Waals surface area contributed by atoms with Gasteiger partial charge in [0.15, 0.2) is 0 Å². The van der Waals surface area contributed by atoms with Crippen LogP contribution in [0, 0.1) is 12.7 Å². The Morgan fingerprint density at radius 2 is 1.77 bits per heavy atom. The van der Waals surface area contributed by atoms with Gasteiger partial charge >= 0.3 is 5.97 Å². The molecule has 9 heteroatoms. The van der Waals surface area contributed by atoms with Gasteiger partial charge in [-0.15, -0.1) is 0 Å². The minimum atomic E-state index is -0.970. The molecule has 1 aliphatic heterocycles. The number of hydrogen-bond donors (Lipinski definition) is 2. The van der Waals surface area contributed by atoms with E-state index in [1.807, 2.05) is 39.0 Å². The average Bonchev–Trinajstić information content (AvgIpc) is 3.43. The van der Waals surface area contributed by atoms with E-state index in [0.29, 0.717) is 28.3 Å². The highest BCUT2D eigenvalue weighted by Crippen LogP contribution is 2.30. The Morgan fingerprint density at radius 1 is 1.05 bits per heavy atom. The number of benzene rings is 3. The number of carboxylic acid groups (broad SMARTS) is 1. The van der Waals surface area contributed by atoms with Crippen LogP contribution in [-0.4, -0.2) is 50.9 Å².